The van der Waals surface area contributed by atoms with Gasteiger partial charge in [0.1, 0.15) is 11.6 Å². The van der Waals surface area contributed by atoms with Crippen molar-refractivity contribution in [2.24, 2.45) is 0 Å². The van der Waals surface area contributed by atoms with Gasteiger partial charge in [0.05, 0.1) is 13.2 Å². The second kappa shape index (κ2) is 8.39. The zero-order chi connectivity index (χ0) is 22.2. The SMILES string of the molecule is COc1ccc2[nH]cc(C3CCN(C(C)c4nc(-c5ccc(C)c(F)c5)no4)CC3)c2c1. The number of halogens is 1. The number of piperidine rings is 1. The molecule has 1 N–H and O–H groups in total. The van der Waals surface area contributed by atoms with E-state index in [0.717, 1.165) is 37.2 Å². The van der Waals surface area contributed by atoms with Crippen molar-refractivity contribution in [2.45, 2.75) is 38.6 Å². The Hall–Kier alpha value is -3.19. The van der Waals surface area contributed by atoms with Crippen molar-refractivity contribution in [3.63, 3.8) is 0 Å². The van der Waals surface area contributed by atoms with Gasteiger partial charge in [-0.2, -0.15) is 4.98 Å². The number of rotatable bonds is 5. The van der Waals surface area contributed by atoms with Crippen LogP contribution in [0.2, 0.25) is 0 Å². The third-order valence-corrected chi connectivity index (χ3v) is 6.67. The van der Waals surface area contributed by atoms with E-state index in [1.54, 1.807) is 20.1 Å². The van der Waals surface area contributed by atoms with E-state index in [-0.39, 0.29) is 11.9 Å². The third-order valence-electron chi connectivity index (χ3n) is 6.67. The van der Waals surface area contributed by atoms with E-state index >= 15 is 0 Å². The Bertz CT molecular complexity index is 1240. The molecule has 1 aliphatic heterocycles. The van der Waals surface area contributed by atoms with Crippen LogP contribution >= 0.6 is 0 Å². The topological polar surface area (TPSA) is 67.2 Å². The largest absolute Gasteiger partial charge is 0.497 e. The molecule has 0 radical (unpaired) electrons. The molecular weight excluding hydrogens is 407 g/mol. The van der Waals surface area contributed by atoms with Gasteiger partial charge in [0.25, 0.3) is 0 Å². The Morgan fingerprint density at radius 2 is 2.00 bits per heavy atom. The van der Waals surface area contributed by atoms with Crippen LogP contribution in [0.5, 0.6) is 5.75 Å². The van der Waals surface area contributed by atoms with Crippen molar-refractivity contribution in [1.29, 1.82) is 0 Å². The van der Waals surface area contributed by atoms with E-state index in [4.69, 9.17) is 9.26 Å². The van der Waals surface area contributed by atoms with E-state index in [2.05, 4.69) is 45.3 Å². The second-order valence-corrected chi connectivity index (χ2v) is 8.56. The van der Waals surface area contributed by atoms with E-state index in [1.165, 1.54) is 17.0 Å². The van der Waals surface area contributed by atoms with Gasteiger partial charge in [0, 0.05) is 22.7 Å². The summed E-state index contributed by atoms with van der Waals surface area (Å²) >= 11 is 0. The van der Waals surface area contributed by atoms with Gasteiger partial charge in [-0.05, 0) is 81.1 Å². The fraction of sp³-hybridized carbons (Fsp3) is 0.360. The average Bonchev–Trinajstić information content (AvgIpc) is 3.48. The summed E-state index contributed by atoms with van der Waals surface area (Å²) in [5.74, 6) is 2.10. The van der Waals surface area contributed by atoms with Gasteiger partial charge in [-0.25, -0.2) is 4.39 Å². The summed E-state index contributed by atoms with van der Waals surface area (Å²) in [4.78, 5) is 10.3. The van der Waals surface area contributed by atoms with Crippen molar-refractivity contribution in [2.75, 3.05) is 20.2 Å². The molecule has 1 unspecified atom stereocenters. The van der Waals surface area contributed by atoms with Crippen LogP contribution in [0.25, 0.3) is 22.3 Å². The number of ether oxygens (including phenoxy) is 1. The molecule has 6 nitrogen and oxygen atoms in total. The van der Waals surface area contributed by atoms with Gasteiger partial charge < -0.3 is 14.2 Å². The minimum atomic E-state index is -0.265. The van der Waals surface area contributed by atoms with Crippen LogP contribution in [0, 0.1) is 12.7 Å². The first kappa shape index (κ1) is 20.7. The van der Waals surface area contributed by atoms with Crippen molar-refractivity contribution < 1.29 is 13.7 Å². The first-order valence-electron chi connectivity index (χ1n) is 11.0. The summed E-state index contributed by atoms with van der Waals surface area (Å²) in [6.45, 7) is 5.71. The number of nitrogens with zero attached hydrogens (tertiary/aromatic N) is 3. The lowest BCUT2D eigenvalue weighted by Crippen LogP contribution is -2.35. The van der Waals surface area contributed by atoms with Crippen molar-refractivity contribution in [3.8, 4) is 17.1 Å². The quantitative estimate of drug-likeness (QED) is 0.442. The van der Waals surface area contributed by atoms with Gasteiger partial charge in [-0.1, -0.05) is 17.3 Å². The molecule has 0 bridgehead atoms. The van der Waals surface area contributed by atoms with E-state index in [1.807, 2.05) is 12.1 Å². The van der Waals surface area contributed by atoms with Crippen LogP contribution < -0.4 is 4.74 Å². The lowest BCUT2D eigenvalue weighted by Gasteiger charge is -2.34. The Labute approximate surface area is 186 Å². The smallest absolute Gasteiger partial charge is 0.244 e. The average molecular weight is 435 g/mol. The number of methoxy groups -OCH3 is 1. The maximum Gasteiger partial charge on any atom is 0.244 e. The normalized spacial score (nSPS) is 16.5. The summed E-state index contributed by atoms with van der Waals surface area (Å²) in [7, 11) is 1.70. The Morgan fingerprint density at radius 1 is 1.19 bits per heavy atom. The highest BCUT2D eigenvalue weighted by atomic mass is 19.1. The maximum absolute atomic E-state index is 13.9. The minimum Gasteiger partial charge on any atom is -0.497 e. The molecule has 32 heavy (non-hydrogen) atoms. The van der Waals surface area contributed by atoms with Gasteiger partial charge in [0.2, 0.25) is 11.7 Å². The molecule has 1 atom stereocenters. The fourth-order valence-electron chi connectivity index (χ4n) is 4.59. The molecule has 1 saturated heterocycles. The highest BCUT2D eigenvalue weighted by Gasteiger charge is 2.28. The summed E-state index contributed by atoms with van der Waals surface area (Å²) < 4.78 is 24.9. The van der Waals surface area contributed by atoms with Gasteiger partial charge in [-0.3, -0.25) is 4.90 Å². The van der Waals surface area contributed by atoms with Crippen molar-refractivity contribution in [3.05, 3.63) is 65.4 Å². The number of aryl methyl sites for hydroxylation is 1. The molecule has 5 rings (SSSR count). The van der Waals surface area contributed by atoms with Crippen molar-refractivity contribution in [1.82, 2.24) is 20.0 Å². The number of hydrogen-bond donors (Lipinski definition) is 1. The molecule has 2 aromatic carbocycles. The van der Waals surface area contributed by atoms with Gasteiger partial charge in [0.15, 0.2) is 0 Å². The van der Waals surface area contributed by atoms with E-state index in [0.29, 0.717) is 28.8 Å². The van der Waals surface area contributed by atoms with Crippen LogP contribution in [0.4, 0.5) is 4.39 Å². The molecule has 1 fully saturated rings. The molecule has 0 aliphatic carbocycles. The van der Waals surface area contributed by atoms with Crippen LogP contribution in [0.3, 0.4) is 0 Å². The Kier molecular flexibility index (Phi) is 5.43. The Morgan fingerprint density at radius 3 is 2.75 bits per heavy atom. The predicted octanol–water partition coefficient (Wildman–Crippen LogP) is 5.61. The number of fused-ring (bicyclic) bond motifs is 1. The fourth-order valence-corrected chi connectivity index (χ4v) is 4.59. The summed E-state index contributed by atoms with van der Waals surface area (Å²) in [5.41, 5.74) is 3.72. The standard InChI is InChI=1S/C25H27FN4O2/c1-15-4-5-18(12-22(15)26)24-28-25(32-29-24)16(2)30-10-8-17(9-11-30)21-14-27-23-7-6-19(31-3)13-20(21)23/h4-7,12-14,16-17,27H,8-11H2,1-3H3. The molecule has 0 amide bonds. The summed E-state index contributed by atoms with van der Waals surface area (Å²) in [6, 6.07) is 11.2. The number of likely N-dealkylation sites (tertiary alicyclic amines) is 1. The zero-order valence-corrected chi connectivity index (χ0v) is 18.6. The highest BCUT2D eigenvalue weighted by molar-refractivity contribution is 5.85. The lowest BCUT2D eigenvalue weighted by atomic mass is 9.88. The minimum absolute atomic E-state index is 0.00978. The number of benzene rings is 2. The van der Waals surface area contributed by atoms with Crippen molar-refractivity contribution >= 4 is 10.9 Å². The first-order chi connectivity index (χ1) is 15.5. The maximum atomic E-state index is 13.9. The number of H-pyrrole nitrogens is 1. The molecule has 3 heterocycles. The first-order valence-corrected chi connectivity index (χ1v) is 11.0. The molecule has 2 aromatic heterocycles. The highest BCUT2D eigenvalue weighted by Crippen LogP contribution is 2.36. The molecular formula is C25H27FN4O2. The molecule has 7 heteroatoms. The van der Waals surface area contributed by atoms with Crippen LogP contribution in [0.15, 0.2) is 47.1 Å². The molecule has 0 saturated carbocycles. The number of hydrogen-bond acceptors (Lipinski definition) is 5. The van der Waals surface area contributed by atoms with Crippen LogP contribution in [-0.2, 0) is 0 Å². The van der Waals surface area contributed by atoms with E-state index in [9.17, 15) is 4.39 Å². The molecule has 4 aromatic rings. The van der Waals surface area contributed by atoms with Gasteiger partial charge >= 0.3 is 0 Å². The Balaban J connectivity index is 1.27. The summed E-state index contributed by atoms with van der Waals surface area (Å²) in [5, 5.41) is 5.32. The number of aromatic nitrogens is 3. The van der Waals surface area contributed by atoms with Gasteiger partial charge in [-0.15, -0.1) is 0 Å². The zero-order valence-electron chi connectivity index (χ0n) is 18.6. The predicted molar refractivity (Wildman–Crippen MR) is 121 cm³/mol. The molecule has 166 valence electrons. The molecule has 1 aliphatic rings. The van der Waals surface area contributed by atoms with Crippen LogP contribution in [0.1, 0.15) is 48.7 Å². The second-order valence-electron chi connectivity index (χ2n) is 8.56. The third kappa shape index (κ3) is 3.77. The number of nitrogens with one attached hydrogen (secondary N) is 1. The lowest BCUT2D eigenvalue weighted by molar-refractivity contribution is 0.136. The molecule has 0 spiro atoms. The monoisotopic (exact) mass is 434 g/mol. The summed E-state index contributed by atoms with van der Waals surface area (Å²) in [6.07, 6.45) is 4.25. The number of aromatic amines is 1. The van der Waals surface area contributed by atoms with Crippen LogP contribution in [-0.4, -0.2) is 40.2 Å². The van der Waals surface area contributed by atoms with E-state index < -0.39 is 0 Å².